The number of carbonyl (C=O) groups excluding carboxylic acids is 1. The zero-order valence-electron chi connectivity index (χ0n) is 9.39. The zero-order chi connectivity index (χ0) is 12.1. The lowest BCUT2D eigenvalue weighted by atomic mass is 9.95. The molecule has 1 rings (SSSR count). The molecule has 0 spiro atoms. The predicted octanol–water partition coefficient (Wildman–Crippen LogP) is -0.717. The standard InChI is InChI=1S/C10H18N2O4/c1-16-9(13)2-3-12-5-7(10(14)15)4-8(11)6-12/h7-8H,2-6,11H2,1H3,(H,14,15). The van der Waals surface area contributed by atoms with Crippen LogP contribution in [0.5, 0.6) is 0 Å². The molecule has 0 aliphatic carbocycles. The first-order chi connectivity index (χ1) is 7.52. The van der Waals surface area contributed by atoms with Gasteiger partial charge in [-0.3, -0.25) is 9.59 Å². The summed E-state index contributed by atoms with van der Waals surface area (Å²) in [5, 5.41) is 8.92. The van der Waals surface area contributed by atoms with Crippen molar-refractivity contribution in [3.05, 3.63) is 0 Å². The Hall–Kier alpha value is -1.14. The quantitative estimate of drug-likeness (QED) is 0.619. The van der Waals surface area contributed by atoms with Crippen LogP contribution in [0.2, 0.25) is 0 Å². The molecule has 0 radical (unpaired) electrons. The third-order valence-electron chi connectivity index (χ3n) is 2.77. The minimum Gasteiger partial charge on any atom is -0.481 e. The Kier molecular flexibility index (Phi) is 4.70. The number of carboxylic acid groups (broad SMARTS) is 1. The molecule has 3 N–H and O–H groups in total. The number of hydrogen-bond acceptors (Lipinski definition) is 5. The van der Waals surface area contributed by atoms with Crippen LogP contribution in [0.3, 0.4) is 0 Å². The Morgan fingerprint density at radius 3 is 2.75 bits per heavy atom. The van der Waals surface area contributed by atoms with E-state index in [0.717, 1.165) is 0 Å². The number of nitrogens with two attached hydrogens (primary N) is 1. The minimum atomic E-state index is -0.821. The van der Waals surface area contributed by atoms with Gasteiger partial charge < -0.3 is 20.5 Å². The highest BCUT2D eigenvalue weighted by molar-refractivity contribution is 5.70. The van der Waals surface area contributed by atoms with E-state index in [-0.39, 0.29) is 18.4 Å². The molecule has 0 aromatic carbocycles. The van der Waals surface area contributed by atoms with Crippen molar-refractivity contribution in [2.45, 2.75) is 18.9 Å². The molecule has 6 nitrogen and oxygen atoms in total. The van der Waals surface area contributed by atoms with Crippen molar-refractivity contribution in [3.63, 3.8) is 0 Å². The Labute approximate surface area is 94.3 Å². The Morgan fingerprint density at radius 2 is 2.19 bits per heavy atom. The van der Waals surface area contributed by atoms with Crippen LogP contribution in [-0.2, 0) is 14.3 Å². The SMILES string of the molecule is COC(=O)CCN1CC(N)CC(C(=O)O)C1. The molecule has 1 heterocycles. The van der Waals surface area contributed by atoms with Crippen LogP contribution in [0.1, 0.15) is 12.8 Å². The van der Waals surface area contributed by atoms with E-state index >= 15 is 0 Å². The first kappa shape index (κ1) is 12.9. The number of carboxylic acids is 1. The van der Waals surface area contributed by atoms with Gasteiger partial charge >= 0.3 is 11.9 Å². The highest BCUT2D eigenvalue weighted by Gasteiger charge is 2.29. The van der Waals surface area contributed by atoms with Gasteiger partial charge in [-0.25, -0.2) is 0 Å². The molecule has 1 aliphatic rings. The Morgan fingerprint density at radius 1 is 1.50 bits per heavy atom. The van der Waals surface area contributed by atoms with Crippen molar-refractivity contribution < 1.29 is 19.4 Å². The fourth-order valence-electron chi connectivity index (χ4n) is 1.95. The Balaban J connectivity index is 2.41. The predicted molar refractivity (Wildman–Crippen MR) is 56.8 cm³/mol. The van der Waals surface area contributed by atoms with E-state index in [2.05, 4.69) is 4.74 Å². The van der Waals surface area contributed by atoms with Crippen molar-refractivity contribution in [2.24, 2.45) is 11.7 Å². The van der Waals surface area contributed by atoms with Gasteiger partial charge in [0.2, 0.25) is 0 Å². The number of rotatable bonds is 4. The van der Waals surface area contributed by atoms with E-state index in [4.69, 9.17) is 10.8 Å². The second kappa shape index (κ2) is 5.81. The van der Waals surface area contributed by atoms with Crippen LogP contribution in [-0.4, -0.2) is 54.7 Å². The monoisotopic (exact) mass is 230 g/mol. The summed E-state index contributed by atoms with van der Waals surface area (Å²) in [5.41, 5.74) is 5.77. The minimum absolute atomic E-state index is 0.132. The largest absolute Gasteiger partial charge is 0.481 e. The number of carbonyl (C=O) groups is 2. The maximum atomic E-state index is 11.0. The molecule has 1 fully saturated rings. The summed E-state index contributed by atoms with van der Waals surface area (Å²) in [5.74, 6) is -1.54. The summed E-state index contributed by atoms with van der Waals surface area (Å²) in [7, 11) is 1.34. The number of aliphatic carboxylic acids is 1. The zero-order valence-corrected chi connectivity index (χ0v) is 9.39. The van der Waals surface area contributed by atoms with Gasteiger partial charge in [0.05, 0.1) is 19.4 Å². The molecule has 0 amide bonds. The normalized spacial score (nSPS) is 26.4. The summed E-state index contributed by atoms with van der Waals surface area (Å²) in [4.78, 5) is 23.7. The number of hydrogen-bond donors (Lipinski definition) is 2. The fraction of sp³-hybridized carbons (Fsp3) is 0.800. The number of nitrogens with zero attached hydrogens (tertiary/aromatic N) is 1. The highest BCUT2D eigenvalue weighted by Crippen LogP contribution is 2.16. The Bertz CT molecular complexity index is 270. The topological polar surface area (TPSA) is 92.9 Å². The van der Waals surface area contributed by atoms with Crippen molar-refractivity contribution in [1.29, 1.82) is 0 Å². The molecule has 0 bridgehead atoms. The van der Waals surface area contributed by atoms with E-state index in [1.54, 1.807) is 0 Å². The lowest BCUT2D eigenvalue weighted by molar-refractivity contribution is -0.144. The number of esters is 1. The van der Waals surface area contributed by atoms with E-state index in [1.165, 1.54) is 7.11 Å². The van der Waals surface area contributed by atoms with Gasteiger partial charge in [-0.15, -0.1) is 0 Å². The molecule has 1 saturated heterocycles. The molecular weight excluding hydrogens is 212 g/mol. The summed E-state index contributed by atoms with van der Waals surface area (Å²) >= 11 is 0. The van der Waals surface area contributed by atoms with E-state index in [0.29, 0.717) is 26.1 Å². The average molecular weight is 230 g/mol. The highest BCUT2D eigenvalue weighted by atomic mass is 16.5. The first-order valence-electron chi connectivity index (χ1n) is 5.30. The van der Waals surface area contributed by atoms with Gasteiger partial charge in [-0.2, -0.15) is 0 Å². The van der Waals surface area contributed by atoms with Gasteiger partial charge in [0.25, 0.3) is 0 Å². The average Bonchev–Trinajstić information content (AvgIpc) is 2.25. The molecule has 92 valence electrons. The summed E-state index contributed by atoms with van der Waals surface area (Å²) < 4.78 is 4.53. The molecule has 1 aliphatic heterocycles. The van der Waals surface area contributed by atoms with Gasteiger partial charge in [0.15, 0.2) is 0 Å². The van der Waals surface area contributed by atoms with Crippen molar-refractivity contribution in [3.8, 4) is 0 Å². The first-order valence-corrected chi connectivity index (χ1v) is 5.30. The van der Waals surface area contributed by atoms with Crippen molar-refractivity contribution >= 4 is 11.9 Å². The third kappa shape index (κ3) is 3.79. The molecule has 0 aromatic heterocycles. The fourth-order valence-corrected chi connectivity index (χ4v) is 1.95. The van der Waals surface area contributed by atoms with Crippen molar-refractivity contribution in [2.75, 3.05) is 26.7 Å². The molecule has 0 aromatic rings. The molecule has 6 heteroatoms. The number of ether oxygens (including phenoxy) is 1. The smallest absolute Gasteiger partial charge is 0.307 e. The maximum Gasteiger partial charge on any atom is 0.307 e. The maximum absolute atomic E-state index is 11.0. The number of likely N-dealkylation sites (tertiary alicyclic amines) is 1. The van der Waals surface area contributed by atoms with Crippen LogP contribution in [0.25, 0.3) is 0 Å². The van der Waals surface area contributed by atoms with Gasteiger partial charge in [0, 0.05) is 25.7 Å². The molecule has 2 atom stereocenters. The summed E-state index contributed by atoms with van der Waals surface area (Å²) in [6.45, 7) is 1.60. The molecule has 2 unspecified atom stereocenters. The molecular formula is C10H18N2O4. The second-order valence-electron chi connectivity index (χ2n) is 4.12. The van der Waals surface area contributed by atoms with Gasteiger partial charge in [-0.1, -0.05) is 0 Å². The van der Waals surface area contributed by atoms with Crippen LogP contribution >= 0.6 is 0 Å². The molecule has 16 heavy (non-hydrogen) atoms. The molecule has 0 saturated carbocycles. The van der Waals surface area contributed by atoms with E-state index in [9.17, 15) is 9.59 Å². The van der Waals surface area contributed by atoms with Crippen LogP contribution in [0.15, 0.2) is 0 Å². The van der Waals surface area contributed by atoms with Crippen LogP contribution in [0, 0.1) is 5.92 Å². The summed E-state index contributed by atoms with van der Waals surface area (Å²) in [6, 6.07) is -0.132. The van der Waals surface area contributed by atoms with Gasteiger partial charge in [0.1, 0.15) is 0 Å². The third-order valence-corrected chi connectivity index (χ3v) is 2.77. The van der Waals surface area contributed by atoms with Crippen molar-refractivity contribution in [1.82, 2.24) is 4.90 Å². The lowest BCUT2D eigenvalue weighted by Crippen LogP contribution is -2.49. The van der Waals surface area contributed by atoms with Gasteiger partial charge in [-0.05, 0) is 6.42 Å². The second-order valence-corrected chi connectivity index (χ2v) is 4.12. The van der Waals surface area contributed by atoms with E-state index < -0.39 is 11.9 Å². The summed E-state index contributed by atoms with van der Waals surface area (Å²) in [6.07, 6.45) is 0.777. The van der Waals surface area contributed by atoms with E-state index in [1.807, 2.05) is 4.90 Å². The van der Waals surface area contributed by atoms with Crippen LogP contribution in [0.4, 0.5) is 0 Å². The number of methoxy groups -OCH3 is 1. The number of piperidine rings is 1. The lowest BCUT2D eigenvalue weighted by Gasteiger charge is -2.34. The van der Waals surface area contributed by atoms with Crippen LogP contribution < -0.4 is 5.73 Å².